The van der Waals surface area contributed by atoms with E-state index in [9.17, 15) is 24.6 Å². The number of amides is 2. The number of halogens is 1. The van der Waals surface area contributed by atoms with Crippen LogP contribution in [0.1, 0.15) is 17.3 Å². The van der Waals surface area contributed by atoms with Crippen LogP contribution in [0.3, 0.4) is 0 Å². The molecule has 3 heterocycles. The number of hydrogen-bond donors (Lipinski definition) is 2. The second-order valence-corrected chi connectivity index (χ2v) is 7.08. The van der Waals surface area contributed by atoms with E-state index >= 15 is 0 Å². The Balaban J connectivity index is 1.81. The number of benzene rings is 1. The Morgan fingerprint density at radius 2 is 1.96 bits per heavy atom. The molecule has 0 aromatic heterocycles. The molecule has 130 valence electrons. The maximum absolute atomic E-state index is 13.0. The molecule has 4 rings (SSSR count). The van der Waals surface area contributed by atoms with E-state index in [1.165, 1.54) is 18.2 Å². The molecular weight excluding hydrogens is 350 g/mol. The van der Waals surface area contributed by atoms with Gasteiger partial charge in [-0.2, -0.15) is 0 Å². The molecule has 0 aliphatic carbocycles. The first-order valence-electron chi connectivity index (χ1n) is 7.66. The second kappa shape index (κ2) is 4.91. The zero-order valence-electron chi connectivity index (χ0n) is 13.1. The molecule has 1 aromatic carbocycles. The number of carbonyl (C=O) groups excluding carboxylic acids is 2. The van der Waals surface area contributed by atoms with Crippen molar-refractivity contribution in [2.45, 2.75) is 18.1 Å². The minimum atomic E-state index is -1.25. The summed E-state index contributed by atoms with van der Waals surface area (Å²) in [6, 6.07) is 3.96. The molecule has 0 radical (unpaired) electrons. The lowest BCUT2D eigenvalue weighted by atomic mass is 9.73. The van der Waals surface area contributed by atoms with E-state index < -0.39 is 47.4 Å². The molecular formula is C17H14ClNO6. The summed E-state index contributed by atoms with van der Waals surface area (Å²) in [6.07, 6.45) is 3.33. The van der Waals surface area contributed by atoms with Crippen molar-refractivity contribution in [2.24, 2.45) is 11.8 Å². The molecule has 3 aliphatic heterocycles. The summed E-state index contributed by atoms with van der Waals surface area (Å²) in [4.78, 5) is 38.1. The van der Waals surface area contributed by atoms with Crippen LogP contribution in [0, 0.1) is 11.8 Å². The second-order valence-electron chi connectivity index (χ2n) is 6.67. The third-order valence-corrected chi connectivity index (χ3v) is 5.57. The summed E-state index contributed by atoms with van der Waals surface area (Å²) in [5.41, 5.74) is -2.25. The molecule has 0 saturated carbocycles. The quantitative estimate of drug-likeness (QED) is 0.618. The third-order valence-electron chi connectivity index (χ3n) is 5.24. The van der Waals surface area contributed by atoms with Crippen molar-refractivity contribution < 1.29 is 29.3 Å². The van der Waals surface area contributed by atoms with Gasteiger partial charge in [0.15, 0.2) is 0 Å². The summed E-state index contributed by atoms with van der Waals surface area (Å²) < 4.78 is 5.83. The average molecular weight is 364 g/mol. The van der Waals surface area contributed by atoms with Gasteiger partial charge < -0.3 is 14.9 Å². The van der Waals surface area contributed by atoms with Gasteiger partial charge in [0.2, 0.25) is 11.8 Å². The first-order valence-corrected chi connectivity index (χ1v) is 8.04. The summed E-state index contributed by atoms with van der Waals surface area (Å²) >= 11 is 5.86. The highest BCUT2D eigenvalue weighted by Gasteiger charge is 2.72. The fourth-order valence-corrected chi connectivity index (χ4v) is 4.31. The zero-order chi connectivity index (χ0) is 18.1. The molecule has 0 unspecified atom stereocenters. The number of anilines is 1. The van der Waals surface area contributed by atoms with Gasteiger partial charge >= 0.3 is 5.97 Å². The zero-order valence-corrected chi connectivity index (χ0v) is 13.9. The lowest BCUT2D eigenvalue weighted by molar-refractivity contribution is -0.131. The number of nitrogens with zero attached hydrogens (tertiary/aromatic N) is 1. The molecule has 2 amide bonds. The van der Waals surface area contributed by atoms with Gasteiger partial charge in [-0.15, -0.1) is 0 Å². The fraction of sp³-hybridized carbons (Fsp3) is 0.353. The van der Waals surface area contributed by atoms with Gasteiger partial charge in [-0.1, -0.05) is 23.8 Å². The Labute approximate surface area is 147 Å². The van der Waals surface area contributed by atoms with Crippen LogP contribution in [0.4, 0.5) is 5.69 Å². The molecule has 7 nitrogen and oxygen atoms in total. The van der Waals surface area contributed by atoms with E-state index in [2.05, 4.69) is 0 Å². The molecule has 0 spiro atoms. The predicted octanol–water partition coefficient (Wildman–Crippen LogP) is 1.23. The number of carboxylic acid groups (broad SMARTS) is 1. The van der Waals surface area contributed by atoms with Crippen LogP contribution in [-0.2, 0) is 14.3 Å². The number of aliphatic hydroxyl groups excluding tert-OH is 1. The van der Waals surface area contributed by atoms with E-state index in [-0.39, 0.29) is 16.3 Å². The van der Waals surface area contributed by atoms with Crippen LogP contribution >= 0.6 is 11.6 Å². The average Bonchev–Trinajstić information content (AvgIpc) is 3.14. The van der Waals surface area contributed by atoms with Gasteiger partial charge in [-0.05, 0) is 25.1 Å². The number of aromatic carboxylic acids is 1. The molecule has 2 saturated heterocycles. The number of rotatable bonds is 3. The maximum atomic E-state index is 13.0. The topological polar surface area (TPSA) is 104 Å². The van der Waals surface area contributed by atoms with E-state index in [0.717, 1.165) is 4.90 Å². The fourth-order valence-electron chi connectivity index (χ4n) is 4.11. The lowest BCUT2D eigenvalue weighted by Crippen LogP contribution is -2.43. The molecule has 2 fully saturated rings. The highest BCUT2D eigenvalue weighted by Crippen LogP contribution is 2.57. The molecule has 8 heteroatoms. The van der Waals surface area contributed by atoms with Crippen LogP contribution in [0.25, 0.3) is 0 Å². The molecule has 2 N–H and O–H groups in total. The van der Waals surface area contributed by atoms with Crippen molar-refractivity contribution in [2.75, 3.05) is 11.5 Å². The normalized spacial score (nSPS) is 35.6. The van der Waals surface area contributed by atoms with Crippen LogP contribution in [0.2, 0.25) is 5.02 Å². The number of aliphatic hydroxyl groups is 1. The minimum absolute atomic E-state index is 0.0133. The number of carboxylic acids is 1. The number of imide groups is 1. The Kier molecular flexibility index (Phi) is 3.19. The minimum Gasteiger partial charge on any atom is -0.478 e. The Morgan fingerprint density at radius 3 is 2.60 bits per heavy atom. The van der Waals surface area contributed by atoms with Gasteiger partial charge in [0.05, 0.1) is 40.3 Å². The monoisotopic (exact) mass is 363 g/mol. The third kappa shape index (κ3) is 1.91. The van der Waals surface area contributed by atoms with E-state index in [4.69, 9.17) is 16.3 Å². The Morgan fingerprint density at radius 1 is 1.28 bits per heavy atom. The standard InChI is InChI=1S/C17H14ClNO6/c1-16-4-5-17(7-20,25-16)12-11(16)13(21)19(14(12)22)8-2-3-10(18)9(6-8)15(23)24/h2-6,11-12,20H,7H2,1H3,(H,23,24)/t11-,12-,16-,17+/m1/s1. The first-order chi connectivity index (χ1) is 11.7. The van der Waals surface area contributed by atoms with Crippen LogP contribution in [-0.4, -0.2) is 45.8 Å². The Hall–Kier alpha value is -2.22. The number of ether oxygens (including phenoxy) is 1. The van der Waals surface area contributed by atoms with Crippen LogP contribution in [0.15, 0.2) is 30.4 Å². The Bertz CT molecular complexity index is 867. The van der Waals surface area contributed by atoms with Crippen molar-refractivity contribution in [3.63, 3.8) is 0 Å². The molecule has 2 bridgehead atoms. The van der Waals surface area contributed by atoms with Crippen LogP contribution < -0.4 is 4.90 Å². The van der Waals surface area contributed by atoms with Gasteiger partial charge in [-0.3, -0.25) is 9.59 Å². The maximum Gasteiger partial charge on any atom is 0.337 e. The molecule has 3 aliphatic rings. The van der Waals surface area contributed by atoms with Crippen molar-refractivity contribution >= 4 is 35.1 Å². The summed E-state index contributed by atoms with van der Waals surface area (Å²) in [5, 5.41) is 19.0. The van der Waals surface area contributed by atoms with Crippen molar-refractivity contribution in [3.05, 3.63) is 40.9 Å². The van der Waals surface area contributed by atoms with Crippen molar-refractivity contribution in [1.82, 2.24) is 0 Å². The van der Waals surface area contributed by atoms with E-state index in [1.807, 2.05) is 0 Å². The predicted molar refractivity (Wildman–Crippen MR) is 86.3 cm³/mol. The number of hydrogen-bond acceptors (Lipinski definition) is 5. The van der Waals surface area contributed by atoms with Crippen molar-refractivity contribution in [1.29, 1.82) is 0 Å². The summed E-state index contributed by atoms with van der Waals surface area (Å²) in [6.45, 7) is 1.28. The lowest BCUT2D eigenvalue weighted by Gasteiger charge is -2.27. The highest BCUT2D eigenvalue weighted by atomic mass is 35.5. The molecule has 25 heavy (non-hydrogen) atoms. The molecule has 1 aromatic rings. The number of fused-ring (bicyclic) bond motifs is 5. The largest absolute Gasteiger partial charge is 0.478 e. The number of carbonyl (C=O) groups is 3. The van der Waals surface area contributed by atoms with E-state index in [1.54, 1.807) is 19.1 Å². The van der Waals surface area contributed by atoms with Gasteiger partial charge in [0.1, 0.15) is 5.60 Å². The van der Waals surface area contributed by atoms with Crippen molar-refractivity contribution in [3.8, 4) is 0 Å². The van der Waals surface area contributed by atoms with Gasteiger partial charge in [0, 0.05) is 0 Å². The molecule has 4 atom stereocenters. The van der Waals surface area contributed by atoms with Gasteiger partial charge in [-0.25, -0.2) is 9.69 Å². The highest BCUT2D eigenvalue weighted by molar-refractivity contribution is 6.34. The SMILES string of the molecule is C[C@]12C=C[C@@](CO)(O1)[C@H]1C(=O)N(c3ccc(Cl)c(C(=O)O)c3)C(=O)[C@@H]12. The summed E-state index contributed by atoms with van der Waals surface area (Å²) in [5.74, 6) is -3.85. The summed E-state index contributed by atoms with van der Waals surface area (Å²) in [7, 11) is 0. The smallest absolute Gasteiger partial charge is 0.337 e. The van der Waals surface area contributed by atoms with Crippen LogP contribution in [0.5, 0.6) is 0 Å². The first kappa shape index (κ1) is 16.3. The van der Waals surface area contributed by atoms with Gasteiger partial charge in [0.25, 0.3) is 0 Å². The van der Waals surface area contributed by atoms with E-state index in [0.29, 0.717) is 0 Å².